The molecule has 5 heteroatoms. The Kier molecular flexibility index (Phi) is 5.78. The molecule has 0 radical (unpaired) electrons. The summed E-state index contributed by atoms with van der Waals surface area (Å²) in [6, 6.07) is 12.3. The van der Waals surface area contributed by atoms with Gasteiger partial charge in [0.25, 0.3) is 5.91 Å². The molecule has 1 aliphatic heterocycles. The largest absolute Gasteiger partial charge is 0.503 e. The van der Waals surface area contributed by atoms with E-state index in [0.29, 0.717) is 11.4 Å². The number of amides is 1. The molecule has 0 aromatic heterocycles. The number of rotatable bonds is 6. The van der Waals surface area contributed by atoms with Gasteiger partial charge in [-0.15, -0.1) is 0 Å². The summed E-state index contributed by atoms with van der Waals surface area (Å²) >= 11 is 0. The second-order valence-electron chi connectivity index (χ2n) is 7.85. The van der Waals surface area contributed by atoms with Crippen molar-refractivity contribution in [3.05, 3.63) is 70.5 Å². The smallest absolute Gasteiger partial charge is 0.294 e. The molecule has 0 spiro atoms. The van der Waals surface area contributed by atoms with Gasteiger partial charge in [-0.05, 0) is 54.7 Å². The van der Waals surface area contributed by atoms with Crippen molar-refractivity contribution in [2.45, 2.75) is 40.2 Å². The van der Waals surface area contributed by atoms with Crippen molar-refractivity contribution in [3.8, 4) is 5.75 Å². The minimum Gasteiger partial charge on any atom is -0.503 e. The summed E-state index contributed by atoms with van der Waals surface area (Å²) in [7, 11) is 1.58. The Morgan fingerprint density at radius 3 is 2.38 bits per heavy atom. The zero-order valence-corrected chi connectivity index (χ0v) is 17.5. The molecule has 0 saturated carbocycles. The lowest BCUT2D eigenvalue weighted by Gasteiger charge is -2.29. The number of carbonyl (C=O) groups excluding carboxylic acids is 2. The van der Waals surface area contributed by atoms with Crippen LogP contribution in [0.5, 0.6) is 5.75 Å². The van der Waals surface area contributed by atoms with E-state index >= 15 is 0 Å². The third-order valence-electron chi connectivity index (χ3n) is 5.37. The van der Waals surface area contributed by atoms with Crippen molar-refractivity contribution < 1.29 is 19.4 Å². The van der Waals surface area contributed by atoms with Gasteiger partial charge in [0.05, 0.1) is 18.7 Å². The minimum atomic E-state index is -0.680. The fourth-order valence-electron chi connectivity index (χ4n) is 3.72. The molecule has 3 rings (SSSR count). The Labute approximate surface area is 171 Å². The molecular formula is C24H27NO4. The molecule has 1 atom stereocenters. The number of hydrogen-bond acceptors (Lipinski definition) is 4. The maximum atomic E-state index is 13.1. The molecule has 1 amide bonds. The predicted molar refractivity (Wildman–Crippen MR) is 113 cm³/mol. The maximum Gasteiger partial charge on any atom is 0.294 e. The zero-order valence-electron chi connectivity index (χ0n) is 17.5. The summed E-state index contributed by atoms with van der Waals surface area (Å²) in [5, 5.41) is 10.7. The van der Waals surface area contributed by atoms with Crippen LogP contribution in [0, 0.1) is 19.8 Å². The molecule has 1 N–H and O–H groups in total. The van der Waals surface area contributed by atoms with Gasteiger partial charge in [0.15, 0.2) is 11.5 Å². The molecule has 152 valence electrons. The molecular weight excluding hydrogens is 366 g/mol. The number of aliphatic hydroxyl groups is 1. The number of aryl methyl sites for hydroxylation is 1. The average Bonchev–Trinajstić information content (AvgIpc) is 2.95. The second-order valence-corrected chi connectivity index (χ2v) is 7.85. The van der Waals surface area contributed by atoms with Gasteiger partial charge >= 0.3 is 0 Å². The van der Waals surface area contributed by atoms with E-state index in [2.05, 4.69) is 0 Å². The van der Waals surface area contributed by atoms with Crippen LogP contribution >= 0.6 is 0 Å². The third kappa shape index (κ3) is 3.77. The van der Waals surface area contributed by atoms with Crippen molar-refractivity contribution in [3.63, 3.8) is 0 Å². The Bertz CT molecular complexity index is 973. The van der Waals surface area contributed by atoms with E-state index < -0.39 is 17.7 Å². The van der Waals surface area contributed by atoms with E-state index in [1.54, 1.807) is 19.2 Å². The summed E-state index contributed by atoms with van der Waals surface area (Å²) in [6.07, 6.45) is 0.264. The Morgan fingerprint density at radius 1 is 1.14 bits per heavy atom. The highest BCUT2D eigenvalue weighted by Crippen LogP contribution is 2.43. The normalized spacial score (nSPS) is 16.7. The summed E-state index contributed by atoms with van der Waals surface area (Å²) in [4.78, 5) is 27.7. The first-order valence-corrected chi connectivity index (χ1v) is 9.76. The molecule has 5 nitrogen and oxygen atoms in total. The molecule has 2 aromatic carbocycles. The van der Waals surface area contributed by atoms with E-state index in [4.69, 9.17) is 4.74 Å². The highest BCUT2D eigenvalue weighted by Gasteiger charge is 2.44. The van der Waals surface area contributed by atoms with Crippen molar-refractivity contribution in [1.82, 2.24) is 0 Å². The first-order valence-electron chi connectivity index (χ1n) is 9.76. The molecule has 1 aliphatic rings. The summed E-state index contributed by atoms with van der Waals surface area (Å²) in [5.41, 5.74) is 3.57. The highest BCUT2D eigenvalue weighted by molar-refractivity contribution is 6.16. The number of hydrogen-bond donors (Lipinski definition) is 1. The van der Waals surface area contributed by atoms with E-state index in [9.17, 15) is 14.7 Å². The lowest BCUT2D eigenvalue weighted by Crippen LogP contribution is -2.31. The van der Waals surface area contributed by atoms with Crippen molar-refractivity contribution in [2.24, 2.45) is 5.92 Å². The number of ketones is 1. The standard InChI is InChI=1S/C24H27NO4/c1-14(2)13-20(26)21-22(17-9-11-18(29-5)12-10-17)25(24(28)23(21)27)19-8-6-7-15(3)16(19)4/h6-12,14,22,27H,13H2,1-5H3. The first-order chi connectivity index (χ1) is 13.8. The van der Waals surface area contributed by atoms with E-state index in [1.165, 1.54) is 4.90 Å². The molecule has 0 saturated heterocycles. The summed E-state index contributed by atoms with van der Waals surface area (Å²) < 4.78 is 5.24. The number of nitrogens with zero attached hydrogens (tertiary/aromatic N) is 1. The second kappa shape index (κ2) is 8.11. The van der Waals surface area contributed by atoms with Crippen LogP contribution in [-0.2, 0) is 9.59 Å². The van der Waals surface area contributed by atoms with Crippen molar-refractivity contribution in [2.75, 3.05) is 12.0 Å². The fourth-order valence-corrected chi connectivity index (χ4v) is 3.72. The van der Waals surface area contributed by atoms with E-state index in [1.807, 2.05) is 58.0 Å². The average molecular weight is 393 g/mol. The first kappa shape index (κ1) is 20.6. The van der Waals surface area contributed by atoms with Gasteiger partial charge in [-0.3, -0.25) is 14.5 Å². The van der Waals surface area contributed by atoms with Crippen LogP contribution < -0.4 is 9.64 Å². The molecule has 0 bridgehead atoms. The third-order valence-corrected chi connectivity index (χ3v) is 5.37. The van der Waals surface area contributed by atoms with Crippen LogP contribution in [0.1, 0.15) is 43.0 Å². The van der Waals surface area contributed by atoms with Gasteiger partial charge in [0, 0.05) is 12.1 Å². The minimum absolute atomic E-state index is 0.115. The Balaban J connectivity index is 2.18. The molecule has 0 fully saturated rings. The molecule has 1 unspecified atom stereocenters. The van der Waals surface area contributed by atoms with Gasteiger partial charge < -0.3 is 9.84 Å². The van der Waals surface area contributed by atoms with Gasteiger partial charge in [-0.2, -0.15) is 0 Å². The number of ether oxygens (including phenoxy) is 1. The zero-order chi connectivity index (χ0) is 21.3. The summed E-state index contributed by atoms with van der Waals surface area (Å²) in [5.74, 6) is -0.424. The SMILES string of the molecule is COc1ccc(C2C(C(=O)CC(C)C)=C(O)C(=O)N2c2cccc(C)c2C)cc1. The number of benzene rings is 2. The Hall–Kier alpha value is -3.08. The van der Waals surface area contributed by atoms with E-state index in [0.717, 1.165) is 16.7 Å². The van der Waals surface area contributed by atoms with E-state index in [-0.39, 0.29) is 23.7 Å². The molecule has 29 heavy (non-hydrogen) atoms. The van der Waals surface area contributed by atoms with Crippen LogP contribution in [0.25, 0.3) is 0 Å². The fraction of sp³-hybridized carbons (Fsp3) is 0.333. The van der Waals surface area contributed by atoms with Crippen LogP contribution in [0.2, 0.25) is 0 Å². The van der Waals surface area contributed by atoms with Crippen LogP contribution in [0.15, 0.2) is 53.8 Å². The number of aliphatic hydroxyl groups excluding tert-OH is 1. The molecule has 2 aromatic rings. The number of methoxy groups -OCH3 is 1. The van der Waals surface area contributed by atoms with Crippen molar-refractivity contribution in [1.29, 1.82) is 0 Å². The van der Waals surface area contributed by atoms with Crippen LogP contribution in [0.3, 0.4) is 0 Å². The Morgan fingerprint density at radius 2 is 1.79 bits per heavy atom. The van der Waals surface area contributed by atoms with Gasteiger partial charge in [0.2, 0.25) is 0 Å². The van der Waals surface area contributed by atoms with Crippen molar-refractivity contribution >= 4 is 17.4 Å². The van der Waals surface area contributed by atoms with Gasteiger partial charge in [-0.1, -0.05) is 38.1 Å². The lowest BCUT2D eigenvalue weighted by molar-refractivity contribution is -0.118. The molecule has 1 heterocycles. The van der Waals surface area contributed by atoms with Crippen LogP contribution in [0.4, 0.5) is 5.69 Å². The summed E-state index contributed by atoms with van der Waals surface area (Å²) in [6.45, 7) is 7.79. The highest BCUT2D eigenvalue weighted by atomic mass is 16.5. The maximum absolute atomic E-state index is 13.1. The predicted octanol–water partition coefficient (Wildman–Crippen LogP) is 4.83. The van der Waals surface area contributed by atoms with Gasteiger partial charge in [0.1, 0.15) is 5.75 Å². The topological polar surface area (TPSA) is 66.8 Å². The lowest BCUT2D eigenvalue weighted by atomic mass is 9.91. The van der Waals surface area contributed by atoms with Crippen LogP contribution in [-0.4, -0.2) is 23.9 Å². The number of carbonyl (C=O) groups is 2. The number of Topliss-reactive ketones (excluding diaryl/α,β-unsaturated/α-hetero) is 1. The number of anilines is 1. The quantitative estimate of drug-likeness (QED) is 0.763. The molecule has 0 aliphatic carbocycles. The van der Waals surface area contributed by atoms with Gasteiger partial charge in [-0.25, -0.2) is 0 Å². The monoisotopic (exact) mass is 393 g/mol.